The van der Waals surface area contributed by atoms with Crippen LogP contribution in [0, 0.1) is 0 Å². The lowest BCUT2D eigenvalue weighted by molar-refractivity contribution is -0.138. The summed E-state index contributed by atoms with van der Waals surface area (Å²) >= 11 is 0. The molecule has 0 bridgehead atoms. The van der Waals surface area contributed by atoms with Crippen molar-refractivity contribution in [3.05, 3.63) is 35.9 Å². The number of hydrogen-bond donors (Lipinski definition) is 3. The number of halogens is 3. The van der Waals surface area contributed by atoms with Crippen LogP contribution in [-0.4, -0.2) is 36.9 Å². The molecule has 1 unspecified atom stereocenters. The quantitative estimate of drug-likeness (QED) is 0.737. The number of rotatable bonds is 6. The van der Waals surface area contributed by atoms with Gasteiger partial charge in [0.2, 0.25) is 5.91 Å². The van der Waals surface area contributed by atoms with Crippen molar-refractivity contribution in [1.29, 1.82) is 0 Å². The lowest BCUT2D eigenvalue weighted by Crippen LogP contribution is -2.48. The molecule has 0 aliphatic heterocycles. The summed E-state index contributed by atoms with van der Waals surface area (Å²) in [6, 6.07) is 8.87. The summed E-state index contributed by atoms with van der Waals surface area (Å²) in [5, 5.41) is 14.0. The van der Waals surface area contributed by atoms with Gasteiger partial charge in [0, 0.05) is 0 Å². The maximum absolute atomic E-state index is 11.9. The lowest BCUT2D eigenvalue weighted by Gasteiger charge is -2.29. The molecule has 0 heterocycles. The number of carbonyl (C=O) groups is 1. The predicted octanol–water partition coefficient (Wildman–Crippen LogP) is 1.16. The molecule has 1 aromatic carbocycles. The van der Waals surface area contributed by atoms with Gasteiger partial charge in [-0.05, 0) is 12.5 Å². The molecule has 1 atom stereocenters. The highest BCUT2D eigenvalue weighted by Crippen LogP contribution is 2.19. The van der Waals surface area contributed by atoms with Gasteiger partial charge >= 0.3 is 6.18 Å². The maximum Gasteiger partial charge on any atom is 0.405 e. The predicted molar refractivity (Wildman–Crippen MR) is 67.9 cm³/mol. The molecule has 0 spiro atoms. The smallest absolute Gasteiger partial charge is 0.394 e. The zero-order valence-corrected chi connectivity index (χ0v) is 11.0. The molecular formula is C13H17F3N2O2. The first-order valence-electron chi connectivity index (χ1n) is 6.02. The van der Waals surface area contributed by atoms with Gasteiger partial charge < -0.3 is 10.4 Å². The SMILES string of the molecule is CC(CO)(NCC(=O)NCC(F)(F)F)c1ccccc1. The van der Waals surface area contributed by atoms with Gasteiger partial charge in [0.05, 0.1) is 18.7 Å². The van der Waals surface area contributed by atoms with Crippen molar-refractivity contribution < 1.29 is 23.1 Å². The molecule has 0 aliphatic rings. The van der Waals surface area contributed by atoms with Crippen molar-refractivity contribution in [1.82, 2.24) is 10.6 Å². The van der Waals surface area contributed by atoms with Crippen molar-refractivity contribution in [2.45, 2.75) is 18.6 Å². The Morgan fingerprint density at radius 1 is 1.25 bits per heavy atom. The van der Waals surface area contributed by atoms with E-state index < -0.39 is 24.2 Å². The van der Waals surface area contributed by atoms with E-state index in [1.165, 1.54) is 0 Å². The van der Waals surface area contributed by atoms with E-state index in [9.17, 15) is 23.1 Å². The van der Waals surface area contributed by atoms with Crippen LogP contribution in [0.1, 0.15) is 12.5 Å². The minimum atomic E-state index is -4.44. The number of alkyl halides is 3. The fourth-order valence-electron chi connectivity index (χ4n) is 1.59. The Hall–Kier alpha value is -1.60. The van der Waals surface area contributed by atoms with Gasteiger partial charge in [-0.1, -0.05) is 30.3 Å². The monoisotopic (exact) mass is 290 g/mol. The third-order valence-corrected chi connectivity index (χ3v) is 2.85. The molecule has 0 saturated carbocycles. The Morgan fingerprint density at radius 3 is 2.35 bits per heavy atom. The van der Waals surface area contributed by atoms with Gasteiger partial charge in [-0.2, -0.15) is 13.2 Å². The molecule has 112 valence electrons. The summed E-state index contributed by atoms with van der Waals surface area (Å²) in [6.07, 6.45) is -4.44. The molecule has 0 saturated heterocycles. The molecular weight excluding hydrogens is 273 g/mol. The fraction of sp³-hybridized carbons (Fsp3) is 0.462. The van der Waals surface area contributed by atoms with E-state index in [1.807, 2.05) is 0 Å². The Balaban J connectivity index is 2.55. The average molecular weight is 290 g/mol. The first-order valence-corrected chi connectivity index (χ1v) is 6.02. The molecule has 1 rings (SSSR count). The number of benzene rings is 1. The molecule has 0 aliphatic carbocycles. The molecule has 1 aromatic rings. The zero-order valence-electron chi connectivity index (χ0n) is 11.0. The van der Waals surface area contributed by atoms with E-state index in [4.69, 9.17) is 0 Å². The highest BCUT2D eigenvalue weighted by atomic mass is 19.4. The first-order chi connectivity index (χ1) is 9.27. The Bertz CT molecular complexity index is 437. The third-order valence-electron chi connectivity index (χ3n) is 2.85. The number of amides is 1. The van der Waals surface area contributed by atoms with Crippen LogP contribution < -0.4 is 10.6 Å². The normalized spacial score (nSPS) is 14.7. The fourth-order valence-corrected chi connectivity index (χ4v) is 1.59. The number of aliphatic hydroxyl groups excluding tert-OH is 1. The van der Waals surface area contributed by atoms with Crippen LogP contribution in [0.2, 0.25) is 0 Å². The summed E-state index contributed by atoms with van der Waals surface area (Å²) in [5.74, 6) is -0.780. The van der Waals surface area contributed by atoms with Gasteiger partial charge in [-0.3, -0.25) is 10.1 Å². The topological polar surface area (TPSA) is 61.4 Å². The molecule has 1 amide bonds. The van der Waals surface area contributed by atoms with E-state index in [0.29, 0.717) is 0 Å². The van der Waals surface area contributed by atoms with Gasteiger partial charge in [0.25, 0.3) is 0 Å². The maximum atomic E-state index is 11.9. The average Bonchev–Trinajstić information content (AvgIpc) is 2.42. The van der Waals surface area contributed by atoms with Gasteiger partial charge in [-0.15, -0.1) is 0 Å². The van der Waals surface area contributed by atoms with Crippen LogP contribution >= 0.6 is 0 Å². The van der Waals surface area contributed by atoms with E-state index in [1.54, 1.807) is 42.6 Å². The van der Waals surface area contributed by atoms with Crippen molar-refractivity contribution in [3.8, 4) is 0 Å². The number of carbonyl (C=O) groups excluding carboxylic acids is 1. The van der Waals surface area contributed by atoms with E-state index in [-0.39, 0.29) is 13.2 Å². The van der Waals surface area contributed by atoms with Crippen molar-refractivity contribution in [2.24, 2.45) is 0 Å². The second-order valence-electron chi connectivity index (χ2n) is 4.60. The van der Waals surface area contributed by atoms with E-state index in [2.05, 4.69) is 5.32 Å². The number of hydrogen-bond acceptors (Lipinski definition) is 3. The van der Waals surface area contributed by atoms with Crippen LogP contribution in [0.5, 0.6) is 0 Å². The van der Waals surface area contributed by atoms with E-state index >= 15 is 0 Å². The van der Waals surface area contributed by atoms with Crippen LogP contribution in [0.25, 0.3) is 0 Å². The third kappa shape index (κ3) is 5.18. The van der Waals surface area contributed by atoms with Gasteiger partial charge in [-0.25, -0.2) is 0 Å². The highest BCUT2D eigenvalue weighted by molar-refractivity contribution is 5.78. The summed E-state index contributed by atoms with van der Waals surface area (Å²) in [6.45, 7) is -0.306. The van der Waals surface area contributed by atoms with Gasteiger partial charge in [0.1, 0.15) is 6.54 Å². The summed E-state index contributed by atoms with van der Waals surface area (Å²) in [4.78, 5) is 11.3. The summed E-state index contributed by atoms with van der Waals surface area (Å²) in [7, 11) is 0. The van der Waals surface area contributed by atoms with E-state index in [0.717, 1.165) is 5.56 Å². The van der Waals surface area contributed by atoms with Gasteiger partial charge in [0.15, 0.2) is 0 Å². The molecule has 7 heteroatoms. The van der Waals surface area contributed by atoms with Crippen molar-refractivity contribution >= 4 is 5.91 Å². The summed E-state index contributed by atoms with van der Waals surface area (Å²) < 4.78 is 35.8. The second kappa shape index (κ2) is 6.71. The highest BCUT2D eigenvalue weighted by Gasteiger charge is 2.29. The zero-order chi connectivity index (χ0) is 15.2. The van der Waals surface area contributed by atoms with Crippen LogP contribution in [0.4, 0.5) is 13.2 Å². The molecule has 4 nitrogen and oxygen atoms in total. The van der Waals surface area contributed by atoms with Crippen LogP contribution in [-0.2, 0) is 10.3 Å². The van der Waals surface area contributed by atoms with Crippen LogP contribution in [0.3, 0.4) is 0 Å². The summed E-state index contributed by atoms with van der Waals surface area (Å²) in [5.41, 5.74) is -0.150. The minimum Gasteiger partial charge on any atom is -0.394 e. The largest absolute Gasteiger partial charge is 0.405 e. The minimum absolute atomic E-state index is 0.288. The molecule has 3 N–H and O–H groups in total. The number of aliphatic hydroxyl groups is 1. The molecule has 20 heavy (non-hydrogen) atoms. The standard InChI is InChI=1S/C13H17F3N2O2/c1-12(9-19,10-5-3-2-4-6-10)18-7-11(20)17-8-13(14,15)16/h2-6,18-19H,7-9H2,1H3,(H,17,20). The lowest BCUT2D eigenvalue weighted by atomic mass is 9.93. The van der Waals surface area contributed by atoms with Crippen LogP contribution in [0.15, 0.2) is 30.3 Å². The first kappa shape index (κ1) is 16.5. The number of nitrogens with one attached hydrogen (secondary N) is 2. The molecule has 0 fully saturated rings. The molecule has 0 aromatic heterocycles. The van der Waals surface area contributed by atoms with Crippen molar-refractivity contribution in [3.63, 3.8) is 0 Å². The Morgan fingerprint density at radius 2 is 1.85 bits per heavy atom. The van der Waals surface area contributed by atoms with Crippen molar-refractivity contribution in [2.75, 3.05) is 19.7 Å². The molecule has 0 radical (unpaired) electrons. The Labute approximate surface area is 115 Å². The Kier molecular flexibility index (Phi) is 5.52. The second-order valence-corrected chi connectivity index (χ2v) is 4.60.